The molecule has 0 saturated carbocycles. The zero-order valence-corrected chi connectivity index (χ0v) is 14.3. The van der Waals surface area contributed by atoms with Crippen LogP contribution in [0.15, 0.2) is 60.7 Å². The molecule has 0 aromatic heterocycles. The Morgan fingerprint density at radius 1 is 1.04 bits per heavy atom. The number of rotatable bonds is 5. The maximum absolute atomic E-state index is 11.8. The molecule has 0 heterocycles. The molecule has 0 saturated heterocycles. The summed E-state index contributed by atoms with van der Waals surface area (Å²) in [6.45, 7) is 5.41. The van der Waals surface area contributed by atoms with Crippen LogP contribution in [0.25, 0.3) is 0 Å². The molecule has 2 rings (SSSR count). The number of carboxylic acid groups (broad SMARTS) is 1. The van der Waals surface area contributed by atoms with Gasteiger partial charge in [0.2, 0.25) is 0 Å². The summed E-state index contributed by atoms with van der Waals surface area (Å²) in [5.41, 5.74) is 0.968. The van der Waals surface area contributed by atoms with Gasteiger partial charge in [-0.25, -0.2) is 0 Å². The van der Waals surface area contributed by atoms with E-state index in [1.54, 1.807) is 32.9 Å². The fourth-order valence-electron chi connectivity index (χ4n) is 2.98. The summed E-state index contributed by atoms with van der Waals surface area (Å²) in [5.74, 6) is 0. The molecule has 2 unspecified atom stereocenters. The quantitative estimate of drug-likeness (QED) is 0.919. The van der Waals surface area contributed by atoms with E-state index in [0.717, 1.165) is 5.56 Å². The van der Waals surface area contributed by atoms with Crippen molar-refractivity contribution in [1.29, 1.82) is 0 Å². The van der Waals surface area contributed by atoms with Crippen LogP contribution in [0.5, 0.6) is 0 Å². The highest BCUT2D eigenvalue weighted by Crippen LogP contribution is 2.29. The average Bonchev–Trinajstić information content (AvgIpc) is 2.53. The smallest absolute Gasteiger partial charge is 0.137 e. The minimum absolute atomic E-state index is 0.405. The van der Waals surface area contributed by atoms with E-state index in [9.17, 15) is 15.0 Å². The lowest BCUT2D eigenvalue weighted by Crippen LogP contribution is -2.58. The molecule has 0 aliphatic heterocycles. The summed E-state index contributed by atoms with van der Waals surface area (Å²) >= 11 is 0. The van der Waals surface area contributed by atoms with E-state index in [1.807, 2.05) is 48.5 Å². The lowest BCUT2D eigenvalue weighted by molar-refractivity contribution is -0.275. The number of nitrogens with zero attached hydrogens (tertiary/aromatic N) is 1. The average molecular weight is 326 g/mol. The minimum atomic E-state index is -1.28. The monoisotopic (exact) mass is 326 g/mol. The minimum Gasteiger partial charge on any atom is -0.530 e. The molecule has 24 heavy (non-hydrogen) atoms. The summed E-state index contributed by atoms with van der Waals surface area (Å²) in [5, 5.41) is 22.7. The first-order chi connectivity index (χ1) is 11.3. The molecule has 0 aliphatic carbocycles. The Labute approximate surface area is 143 Å². The van der Waals surface area contributed by atoms with Crippen LogP contribution in [-0.4, -0.2) is 27.7 Å². The van der Waals surface area contributed by atoms with Gasteiger partial charge in [-0.15, -0.1) is 0 Å². The molecule has 2 atom stereocenters. The lowest BCUT2D eigenvalue weighted by Gasteiger charge is -2.45. The van der Waals surface area contributed by atoms with E-state index in [2.05, 4.69) is 0 Å². The van der Waals surface area contributed by atoms with Gasteiger partial charge in [-0.3, -0.25) is 0 Å². The van der Waals surface area contributed by atoms with Crippen LogP contribution >= 0.6 is 0 Å². The number of hydrogen-bond acceptors (Lipinski definition) is 3. The number of benzene rings is 2. The van der Waals surface area contributed by atoms with Gasteiger partial charge in [0, 0.05) is 5.54 Å². The van der Waals surface area contributed by atoms with Crippen LogP contribution < -0.4 is 5.11 Å². The number of aliphatic hydroxyl groups excluding tert-OH is 1. The molecule has 0 spiro atoms. The van der Waals surface area contributed by atoms with Crippen molar-refractivity contribution in [1.82, 2.24) is 4.90 Å². The Morgan fingerprint density at radius 2 is 1.54 bits per heavy atom. The molecular weight excluding hydrogens is 302 g/mol. The van der Waals surface area contributed by atoms with Crippen molar-refractivity contribution in [2.24, 2.45) is 0 Å². The molecule has 0 aliphatic rings. The Bertz CT molecular complexity index is 650. The fourth-order valence-corrected chi connectivity index (χ4v) is 2.98. The standard InChI is InChI=1S/C20H25NO3/c1-20(2,3)21(19(23)24)17(14-15-10-6-4-7-11-15)18(22)16-12-8-5-9-13-16/h4-13,17-18,22H,14H2,1-3H3,(H,23,24)/p-1. The van der Waals surface area contributed by atoms with Crippen LogP contribution in [-0.2, 0) is 6.42 Å². The van der Waals surface area contributed by atoms with E-state index >= 15 is 0 Å². The third-order valence-corrected chi connectivity index (χ3v) is 4.04. The number of carbonyl (C=O) groups excluding carboxylic acids is 1. The predicted octanol–water partition coefficient (Wildman–Crippen LogP) is 2.78. The van der Waals surface area contributed by atoms with Crippen molar-refractivity contribution in [2.45, 2.75) is 44.9 Å². The third kappa shape index (κ3) is 4.36. The number of amides is 1. The third-order valence-electron chi connectivity index (χ3n) is 4.04. The van der Waals surface area contributed by atoms with Crippen molar-refractivity contribution in [3.63, 3.8) is 0 Å². The highest BCUT2D eigenvalue weighted by Gasteiger charge is 2.34. The fraction of sp³-hybridized carbons (Fsp3) is 0.350. The maximum atomic E-state index is 11.8. The maximum Gasteiger partial charge on any atom is 0.137 e. The van der Waals surface area contributed by atoms with Crippen molar-refractivity contribution < 1.29 is 15.0 Å². The van der Waals surface area contributed by atoms with E-state index in [0.29, 0.717) is 12.0 Å². The molecule has 0 bridgehead atoms. The second-order valence-corrected chi connectivity index (χ2v) is 6.92. The van der Waals surface area contributed by atoms with Gasteiger partial charge < -0.3 is 19.9 Å². The first-order valence-electron chi connectivity index (χ1n) is 8.08. The SMILES string of the molecule is CC(C)(C)N(C(=O)[O-])C(Cc1ccccc1)C(O)c1ccccc1. The van der Waals surface area contributed by atoms with Crippen molar-refractivity contribution in [2.75, 3.05) is 0 Å². The van der Waals surface area contributed by atoms with Crippen molar-refractivity contribution in [3.05, 3.63) is 71.8 Å². The summed E-state index contributed by atoms with van der Waals surface area (Å²) < 4.78 is 0. The molecule has 1 amide bonds. The Balaban J connectivity index is 2.42. The largest absolute Gasteiger partial charge is 0.530 e. The Kier molecular flexibility index (Phi) is 5.62. The topological polar surface area (TPSA) is 63.6 Å². The lowest BCUT2D eigenvalue weighted by atomic mass is 9.91. The summed E-state index contributed by atoms with van der Waals surface area (Å²) in [4.78, 5) is 13.1. The highest BCUT2D eigenvalue weighted by atomic mass is 16.4. The second kappa shape index (κ2) is 7.49. The normalized spacial score (nSPS) is 14.0. The molecule has 2 aromatic carbocycles. The molecule has 4 heteroatoms. The van der Waals surface area contributed by atoms with Gasteiger partial charge in [0.1, 0.15) is 6.09 Å². The zero-order valence-electron chi connectivity index (χ0n) is 14.3. The number of carbonyl (C=O) groups is 1. The van der Waals surface area contributed by atoms with Gasteiger partial charge in [0.15, 0.2) is 0 Å². The number of hydrogen-bond donors (Lipinski definition) is 1. The van der Waals surface area contributed by atoms with E-state index < -0.39 is 23.8 Å². The second-order valence-electron chi connectivity index (χ2n) is 6.92. The van der Waals surface area contributed by atoms with Gasteiger partial charge in [-0.05, 0) is 38.3 Å². The molecule has 0 radical (unpaired) electrons. The van der Waals surface area contributed by atoms with Gasteiger partial charge in [0.25, 0.3) is 0 Å². The molecule has 4 nitrogen and oxygen atoms in total. The Hall–Kier alpha value is -2.33. The van der Waals surface area contributed by atoms with Crippen LogP contribution in [0.1, 0.15) is 38.0 Å². The summed E-state index contributed by atoms with van der Waals surface area (Å²) in [6.07, 6.45) is -1.82. The molecule has 0 fully saturated rings. The van der Waals surface area contributed by atoms with E-state index in [4.69, 9.17) is 0 Å². The van der Waals surface area contributed by atoms with Crippen LogP contribution in [0, 0.1) is 0 Å². The van der Waals surface area contributed by atoms with Crippen molar-refractivity contribution in [3.8, 4) is 0 Å². The summed E-state index contributed by atoms with van der Waals surface area (Å²) in [7, 11) is 0. The molecule has 128 valence electrons. The van der Waals surface area contributed by atoms with Crippen LogP contribution in [0.3, 0.4) is 0 Å². The van der Waals surface area contributed by atoms with Gasteiger partial charge in [-0.2, -0.15) is 0 Å². The van der Waals surface area contributed by atoms with Crippen LogP contribution in [0.2, 0.25) is 0 Å². The first kappa shape index (κ1) is 18.0. The van der Waals surface area contributed by atoms with E-state index in [1.165, 1.54) is 4.90 Å². The summed E-state index contributed by atoms with van der Waals surface area (Å²) in [6, 6.07) is 18.1. The van der Waals surface area contributed by atoms with Crippen LogP contribution in [0.4, 0.5) is 4.79 Å². The Morgan fingerprint density at radius 3 is 2.00 bits per heavy atom. The van der Waals surface area contributed by atoms with Gasteiger partial charge in [0.05, 0.1) is 12.1 Å². The molecule has 1 N–H and O–H groups in total. The zero-order chi connectivity index (χ0) is 17.7. The van der Waals surface area contributed by atoms with E-state index in [-0.39, 0.29) is 0 Å². The molecule has 2 aromatic rings. The number of aliphatic hydroxyl groups is 1. The highest BCUT2D eigenvalue weighted by molar-refractivity contribution is 5.64. The molecular formula is C20H24NO3-. The first-order valence-corrected chi connectivity index (χ1v) is 8.08. The van der Waals surface area contributed by atoms with Gasteiger partial charge >= 0.3 is 0 Å². The predicted molar refractivity (Wildman–Crippen MR) is 92.3 cm³/mol. The van der Waals surface area contributed by atoms with Crippen molar-refractivity contribution >= 4 is 6.09 Å². The van der Waals surface area contributed by atoms with Gasteiger partial charge in [-0.1, -0.05) is 60.7 Å².